The molecule has 0 saturated carbocycles. The first-order chi connectivity index (χ1) is 25.0. The Morgan fingerprint density at radius 2 is 1.57 bits per heavy atom. The summed E-state index contributed by atoms with van der Waals surface area (Å²) in [4.78, 5) is 23.2. The van der Waals surface area contributed by atoms with Crippen molar-refractivity contribution in [3.8, 4) is 16.8 Å². The highest BCUT2D eigenvalue weighted by atomic mass is 32.2. The molecule has 3 N–H and O–H groups in total. The Morgan fingerprint density at radius 1 is 0.843 bits per heavy atom. The van der Waals surface area contributed by atoms with Crippen LogP contribution in [0.25, 0.3) is 16.8 Å². The highest BCUT2D eigenvalue weighted by Crippen LogP contribution is 2.40. The van der Waals surface area contributed by atoms with Gasteiger partial charge in [-0.25, -0.2) is 0 Å². The number of ether oxygens (including phenoxy) is 2. The van der Waals surface area contributed by atoms with E-state index in [4.69, 9.17) is 14.6 Å². The zero-order valence-electron chi connectivity index (χ0n) is 28.1. The van der Waals surface area contributed by atoms with Gasteiger partial charge >= 0.3 is 5.97 Å². The fraction of sp³-hybridized carbons (Fsp3) is 0.308. The highest BCUT2D eigenvalue weighted by molar-refractivity contribution is 7.99. The zero-order chi connectivity index (χ0) is 35.4. The van der Waals surface area contributed by atoms with Gasteiger partial charge in [0.15, 0.2) is 6.29 Å². The van der Waals surface area contributed by atoms with Gasteiger partial charge in [0, 0.05) is 37.1 Å². The molecule has 0 aliphatic carbocycles. The van der Waals surface area contributed by atoms with Crippen LogP contribution in [0.5, 0.6) is 0 Å². The normalized spacial score (nSPS) is 17.2. The SMILES string of the molecule is O=C(O)CCCCCC(=O)NCc1ccccc1-c1ccc([C@@H]2O[C@H](CSc3nnnn3-c3ccccc3)C[C@H](c3ccc(CO)cc3)O2)cc1. The van der Waals surface area contributed by atoms with Gasteiger partial charge in [0.25, 0.3) is 0 Å². The van der Waals surface area contributed by atoms with Gasteiger partial charge < -0.3 is 25.0 Å². The van der Waals surface area contributed by atoms with Gasteiger partial charge in [0.1, 0.15) is 0 Å². The number of benzene rings is 4. The topological polar surface area (TPSA) is 149 Å². The van der Waals surface area contributed by atoms with Crippen molar-refractivity contribution in [2.75, 3.05) is 5.75 Å². The number of carboxylic acid groups (broad SMARTS) is 1. The fourth-order valence-electron chi connectivity index (χ4n) is 5.99. The van der Waals surface area contributed by atoms with E-state index >= 15 is 0 Å². The summed E-state index contributed by atoms with van der Waals surface area (Å²) in [6.07, 6.45) is 2.07. The number of hydrogen-bond donors (Lipinski definition) is 3. The van der Waals surface area contributed by atoms with Gasteiger partial charge in [-0.05, 0) is 63.2 Å². The maximum Gasteiger partial charge on any atom is 0.303 e. The summed E-state index contributed by atoms with van der Waals surface area (Å²) in [5, 5.41) is 34.4. The summed E-state index contributed by atoms with van der Waals surface area (Å²) >= 11 is 1.53. The van der Waals surface area contributed by atoms with Crippen LogP contribution in [0.1, 0.15) is 73.2 Å². The monoisotopic (exact) mass is 707 g/mol. The number of aliphatic hydroxyl groups is 1. The summed E-state index contributed by atoms with van der Waals surface area (Å²) in [6.45, 7) is 0.370. The molecule has 264 valence electrons. The minimum atomic E-state index is -0.810. The summed E-state index contributed by atoms with van der Waals surface area (Å²) in [6, 6.07) is 33.7. The summed E-state index contributed by atoms with van der Waals surface area (Å²) in [5.41, 5.74) is 6.63. The third-order valence-electron chi connectivity index (χ3n) is 8.74. The molecular formula is C39H41N5O6S. The molecule has 0 radical (unpaired) electrons. The summed E-state index contributed by atoms with van der Waals surface area (Å²) in [5.74, 6) is -0.250. The predicted octanol–water partition coefficient (Wildman–Crippen LogP) is 6.81. The van der Waals surface area contributed by atoms with Gasteiger partial charge in [-0.2, -0.15) is 4.68 Å². The van der Waals surface area contributed by atoms with Crippen molar-refractivity contribution in [3.63, 3.8) is 0 Å². The Bertz CT molecular complexity index is 1870. The lowest BCUT2D eigenvalue weighted by atomic mass is 9.97. The molecule has 1 aromatic heterocycles. The van der Waals surface area contributed by atoms with Crippen LogP contribution in [0.15, 0.2) is 108 Å². The van der Waals surface area contributed by atoms with Crippen molar-refractivity contribution in [1.82, 2.24) is 25.5 Å². The number of rotatable bonds is 16. The van der Waals surface area contributed by atoms with Crippen LogP contribution in [-0.4, -0.2) is 54.2 Å². The molecule has 51 heavy (non-hydrogen) atoms. The van der Waals surface area contributed by atoms with E-state index in [1.54, 1.807) is 4.68 Å². The molecule has 1 fully saturated rings. The lowest BCUT2D eigenvalue weighted by Crippen LogP contribution is -2.31. The molecular weight excluding hydrogens is 667 g/mol. The third kappa shape index (κ3) is 9.89. The third-order valence-corrected chi connectivity index (χ3v) is 9.79. The Balaban J connectivity index is 1.13. The van der Waals surface area contributed by atoms with E-state index in [-0.39, 0.29) is 31.1 Å². The van der Waals surface area contributed by atoms with E-state index in [1.165, 1.54) is 11.8 Å². The zero-order valence-corrected chi connectivity index (χ0v) is 29.0. The second kappa shape index (κ2) is 17.9. The number of carbonyl (C=O) groups excluding carboxylic acids is 1. The molecule has 1 aliphatic rings. The second-order valence-electron chi connectivity index (χ2n) is 12.4. The maximum absolute atomic E-state index is 12.5. The van der Waals surface area contributed by atoms with Gasteiger partial charge in [0.2, 0.25) is 11.1 Å². The number of aliphatic carboxylic acids is 1. The fourth-order valence-corrected chi connectivity index (χ4v) is 6.90. The molecule has 0 bridgehead atoms. The number of aliphatic hydroxyl groups excluding tert-OH is 1. The predicted molar refractivity (Wildman–Crippen MR) is 193 cm³/mol. The van der Waals surface area contributed by atoms with Gasteiger partial charge in [-0.15, -0.1) is 5.10 Å². The number of nitrogens with one attached hydrogen (secondary N) is 1. The average Bonchev–Trinajstić information content (AvgIpc) is 3.65. The second-order valence-corrected chi connectivity index (χ2v) is 13.4. The van der Waals surface area contributed by atoms with Gasteiger partial charge in [-0.3, -0.25) is 9.59 Å². The summed E-state index contributed by atoms with van der Waals surface area (Å²) in [7, 11) is 0. The number of tetrazole rings is 1. The molecule has 3 atom stereocenters. The molecule has 4 aromatic carbocycles. The van der Waals surface area contributed by atoms with E-state index in [0.29, 0.717) is 49.6 Å². The Hall–Kier alpha value is -4.88. The van der Waals surface area contributed by atoms with Crippen molar-refractivity contribution >= 4 is 23.6 Å². The molecule has 1 saturated heterocycles. The molecule has 1 amide bonds. The van der Waals surface area contributed by atoms with E-state index in [2.05, 4.69) is 20.8 Å². The standard InChI is InChI=1S/C39H41N5O6S/c45-25-27-15-17-29(18-16-27)35-23-33(26-51-39-41-42-43-44(39)32-10-3-1-4-11-32)49-38(50-35)30-21-19-28(20-22-30)34-12-8-7-9-31(34)24-40-36(46)13-5-2-6-14-37(47)48/h1,3-4,7-12,15-22,33,35,38,45H,2,5-6,13-14,23-26H2,(H,40,46)(H,47,48)/t33-,35+,38+/m0/s1. The smallest absolute Gasteiger partial charge is 0.303 e. The van der Waals surface area contributed by atoms with Gasteiger partial charge in [0.05, 0.1) is 24.5 Å². The van der Waals surface area contributed by atoms with Crippen LogP contribution in [0.4, 0.5) is 0 Å². The molecule has 12 heteroatoms. The number of nitrogens with zero attached hydrogens (tertiary/aromatic N) is 4. The maximum atomic E-state index is 12.5. The molecule has 1 aliphatic heterocycles. The van der Waals surface area contributed by atoms with E-state index < -0.39 is 12.3 Å². The largest absolute Gasteiger partial charge is 0.481 e. The number of carboxylic acids is 1. The van der Waals surface area contributed by atoms with Crippen LogP contribution in [0.2, 0.25) is 0 Å². The molecule has 0 spiro atoms. The minimum absolute atomic E-state index is 0.0229. The van der Waals surface area contributed by atoms with Crippen molar-refractivity contribution < 1.29 is 29.3 Å². The Labute approximate surface area is 301 Å². The van der Waals surface area contributed by atoms with Crippen LogP contribution in [0, 0.1) is 0 Å². The lowest BCUT2D eigenvalue weighted by Gasteiger charge is -2.36. The Morgan fingerprint density at radius 3 is 2.33 bits per heavy atom. The van der Waals surface area contributed by atoms with Crippen LogP contribution >= 0.6 is 11.8 Å². The molecule has 5 aromatic rings. The quantitative estimate of drug-likeness (QED) is 0.0738. The minimum Gasteiger partial charge on any atom is -0.481 e. The van der Waals surface area contributed by atoms with Crippen molar-refractivity contribution in [3.05, 3.63) is 125 Å². The van der Waals surface area contributed by atoms with E-state index in [1.807, 2.05) is 103 Å². The lowest BCUT2D eigenvalue weighted by molar-refractivity contribution is -0.245. The number of carbonyl (C=O) groups is 2. The molecule has 0 unspecified atom stereocenters. The Kier molecular flexibility index (Phi) is 12.6. The first kappa shape index (κ1) is 35.9. The van der Waals surface area contributed by atoms with Crippen LogP contribution in [-0.2, 0) is 32.2 Å². The highest BCUT2D eigenvalue weighted by Gasteiger charge is 2.32. The van der Waals surface area contributed by atoms with Crippen LogP contribution in [0.3, 0.4) is 0 Å². The number of para-hydroxylation sites is 1. The molecule has 11 nitrogen and oxygen atoms in total. The first-order valence-electron chi connectivity index (χ1n) is 17.1. The number of hydrogen-bond acceptors (Lipinski definition) is 9. The average molecular weight is 708 g/mol. The molecule has 6 rings (SSSR count). The number of thioether (sulfide) groups is 1. The van der Waals surface area contributed by atoms with Crippen molar-refractivity contribution in [1.29, 1.82) is 0 Å². The first-order valence-corrected chi connectivity index (χ1v) is 18.1. The van der Waals surface area contributed by atoms with Crippen molar-refractivity contribution in [2.45, 2.75) is 75.3 Å². The molecule has 2 heterocycles. The number of aromatic nitrogens is 4. The summed E-state index contributed by atoms with van der Waals surface area (Å²) < 4.78 is 14.9. The van der Waals surface area contributed by atoms with E-state index in [0.717, 1.165) is 39.1 Å². The van der Waals surface area contributed by atoms with E-state index in [9.17, 15) is 14.7 Å². The van der Waals surface area contributed by atoms with Crippen molar-refractivity contribution in [2.24, 2.45) is 0 Å². The van der Waals surface area contributed by atoms with Gasteiger partial charge in [-0.1, -0.05) is 109 Å². The number of amides is 1. The number of unbranched alkanes of at least 4 members (excludes halogenated alkanes) is 2. The van der Waals surface area contributed by atoms with Crippen LogP contribution < -0.4 is 5.32 Å².